The molecule has 0 bridgehead atoms. The summed E-state index contributed by atoms with van der Waals surface area (Å²) in [7, 11) is 0. The van der Waals surface area contributed by atoms with Crippen LogP contribution in [0.4, 0.5) is 26.3 Å². The Labute approximate surface area is 135 Å². The zero-order chi connectivity index (χ0) is 18.4. The van der Waals surface area contributed by atoms with E-state index in [1.54, 1.807) is 0 Å². The van der Waals surface area contributed by atoms with Crippen LogP contribution in [0.2, 0.25) is 0 Å². The lowest BCUT2D eigenvalue weighted by atomic mass is 10.0. The highest BCUT2D eigenvalue weighted by molar-refractivity contribution is 5.75. The quantitative estimate of drug-likeness (QED) is 0.508. The Hall–Kier alpha value is -2.91. The molecule has 0 atom stereocenters. The second-order valence-electron chi connectivity index (χ2n) is 5.02. The highest BCUT2D eigenvalue weighted by Gasteiger charge is 2.37. The molecule has 0 amide bonds. The fourth-order valence-corrected chi connectivity index (χ4v) is 2.34. The largest absolute Gasteiger partial charge is 0.433 e. The smallest absolute Gasteiger partial charge is 0.296 e. The van der Waals surface area contributed by atoms with Crippen LogP contribution in [0.5, 0.6) is 0 Å². The van der Waals surface area contributed by atoms with Crippen molar-refractivity contribution in [1.29, 1.82) is 0 Å². The van der Waals surface area contributed by atoms with Gasteiger partial charge in [-0.1, -0.05) is 18.2 Å². The number of benzene rings is 1. The zero-order valence-corrected chi connectivity index (χ0v) is 12.1. The summed E-state index contributed by atoms with van der Waals surface area (Å²) in [6.45, 7) is 0. The van der Waals surface area contributed by atoms with E-state index in [0.29, 0.717) is 10.6 Å². The van der Waals surface area contributed by atoms with Crippen LogP contribution in [0.15, 0.2) is 36.4 Å². The average molecular weight is 359 g/mol. The van der Waals surface area contributed by atoms with Crippen molar-refractivity contribution < 1.29 is 31.1 Å². The third-order valence-electron chi connectivity index (χ3n) is 3.37. The standard InChI is InChI=1S/C15H7F6N3O/c16-14(17,18)10-4-2-1-3-9(10)11-6-12(15(19,20)21)24-13(22-11)5-8(7-25)23-24/h1-7H. The lowest BCUT2D eigenvalue weighted by Gasteiger charge is -2.14. The number of aldehydes is 1. The molecule has 10 heteroatoms. The van der Waals surface area contributed by atoms with Crippen molar-refractivity contribution in [1.82, 2.24) is 14.6 Å². The third-order valence-corrected chi connectivity index (χ3v) is 3.37. The van der Waals surface area contributed by atoms with Crippen molar-refractivity contribution in [3.63, 3.8) is 0 Å². The van der Waals surface area contributed by atoms with Crippen LogP contribution >= 0.6 is 0 Å². The first-order chi connectivity index (χ1) is 11.6. The Balaban J connectivity index is 2.34. The summed E-state index contributed by atoms with van der Waals surface area (Å²) in [5.41, 5.74) is -4.18. The molecule has 2 aromatic heterocycles. The van der Waals surface area contributed by atoms with Crippen LogP contribution in [0.1, 0.15) is 21.7 Å². The van der Waals surface area contributed by atoms with Crippen molar-refractivity contribution in [3.05, 3.63) is 53.3 Å². The van der Waals surface area contributed by atoms with E-state index in [9.17, 15) is 31.1 Å². The monoisotopic (exact) mass is 359 g/mol. The molecule has 25 heavy (non-hydrogen) atoms. The number of carbonyl (C=O) groups is 1. The molecule has 0 saturated heterocycles. The van der Waals surface area contributed by atoms with Crippen LogP contribution in [-0.4, -0.2) is 20.9 Å². The summed E-state index contributed by atoms with van der Waals surface area (Å²) >= 11 is 0. The Morgan fingerprint density at radius 3 is 2.24 bits per heavy atom. The van der Waals surface area contributed by atoms with E-state index in [1.807, 2.05) is 0 Å². The van der Waals surface area contributed by atoms with Gasteiger partial charge in [0.1, 0.15) is 5.69 Å². The minimum atomic E-state index is -4.91. The molecule has 0 aliphatic rings. The first-order valence-electron chi connectivity index (χ1n) is 6.71. The Kier molecular flexibility index (Phi) is 3.77. The maximum Gasteiger partial charge on any atom is 0.433 e. The maximum absolute atomic E-state index is 13.3. The van der Waals surface area contributed by atoms with Crippen LogP contribution in [0.3, 0.4) is 0 Å². The number of alkyl halides is 6. The Morgan fingerprint density at radius 1 is 0.960 bits per heavy atom. The van der Waals surface area contributed by atoms with Crippen LogP contribution in [-0.2, 0) is 12.4 Å². The predicted molar refractivity (Wildman–Crippen MR) is 73.8 cm³/mol. The van der Waals surface area contributed by atoms with Crippen molar-refractivity contribution >= 4 is 11.9 Å². The summed E-state index contributed by atoms with van der Waals surface area (Å²) in [6, 6.07) is 5.59. The fourth-order valence-electron chi connectivity index (χ4n) is 2.34. The molecular formula is C15H7F6N3O. The summed E-state index contributed by atoms with van der Waals surface area (Å²) < 4.78 is 79.5. The van der Waals surface area contributed by atoms with E-state index in [1.165, 1.54) is 6.07 Å². The number of hydrogen-bond donors (Lipinski definition) is 0. The average Bonchev–Trinajstić information content (AvgIpc) is 2.95. The van der Waals surface area contributed by atoms with E-state index in [4.69, 9.17) is 0 Å². The van der Waals surface area contributed by atoms with Gasteiger partial charge in [0.25, 0.3) is 0 Å². The number of rotatable bonds is 2. The van der Waals surface area contributed by atoms with Crippen molar-refractivity contribution in [2.75, 3.05) is 0 Å². The van der Waals surface area contributed by atoms with Gasteiger partial charge in [-0.15, -0.1) is 0 Å². The van der Waals surface area contributed by atoms with E-state index in [-0.39, 0.29) is 17.6 Å². The second kappa shape index (κ2) is 5.57. The van der Waals surface area contributed by atoms with Gasteiger partial charge < -0.3 is 0 Å². The SMILES string of the molecule is O=Cc1cc2nc(-c3ccccc3C(F)(F)F)cc(C(F)(F)F)n2n1. The van der Waals surface area contributed by atoms with Gasteiger partial charge in [0.05, 0.1) is 11.3 Å². The topological polar surface area (TPSA) is 47.3 Å². The molecular weight excluding hydrogens is 352 g/mol. The fraction of sp³-hybridized carbons (Fsp3) is 0.133. The van der Waals surface area contributed by atoms with Gasteiger partial charge in [-0.25, -0.2) is 9.50 Å². The van der Waals surface area contributed by atoms with Gasteiger partial charge in [-0.3, -0.25) is 4.79 Å². The Morgan fingerprint density at radius 2 is 1.64 bits per heavy atom. The molecule has 0 aliphatic carbocycles. The summed E-state index contributed by atoms with van der Waals surface area (Å²) in [4.78, 5) is 14.5. The molecule has 4 nitrogen and oxygen atoms in total. The minimum absolute atomic E-state index is 0.220. The number of aromatic nitrogens is 3. The van der Waals surface area contributed by atoms with Crippen molar-refractivity contribution in [2.45, 2.75) is 12.4 Å². The van der Waals surface area contributed by atoms with E-state index in [0.717, 1.165) is 24.3 Å². The normalized spacial score (nSPS) is 12.6. The van der Waals surface area contributed by atoms with Gasteiger partial charge in [0.2, 0.25) is 0 Å². The third kappa shape index (κ3) is 3.06. The van der Waals surface area contributed by atoms with E-state index in [2.05, 4.69) is 10.1 Å². The zero-order valence-electron chi connectivity index (χ0n) is 12.1. The van der Waals surface area contributed by atoms with Gasteiger partial charge in [0.15, 0.2) is 17.6 Å². The predicted octanol–water partition coefficient (Wildman–Crippen LogP) is 4.25. The number of hydrogen-bond acceptors (Lipinski definition) is 3. The van der Waals surface area contributed by atoms with Gasteiger partial charge in [0, 0.05) is 11.6 Å². The molecule has 130 valence electrons. The van der Waals surface area contributed by atoms with Crippen LogP contribution in [0.25, 0.3) is 16.9 Å². The second-order valence-corrected chi connectivity index (χ2v) is 5.02. The molecule has 0 saturated carbocycles. The molecule has 3 rings (SSSR count). The van der Waals surface area contributed by atoms with Crippen LogP contribution < -0.4 is 0 Å². The lowest BCUT2D eigenvalue weighted by molar-refractivity contribution is -0.142. The molecule has 1 aromatic carbocycles. The number of nitrogens with zero attached hydrogens (tertiary/aromatic N) is 3. The van der Waals surface area contributed by atoms with Gasteiger partial charge >= 0.3 is 12.4 Å². The highest BCUT2D eigenvalue weighted by Crippen LogP contribution is 2.38. The number of fused-ring (bicyclic) bond motifs is 1. The first kappa shape index (κ1) is 16.9. The van der Waals surface area contributed by atoms with E-state index < -0.39 is 34.9 Å². The molecule has 0 radical (unpaired) electrons. The lowest BCUT2D eigenvalue weighted by Crippen LogP contribution is -2.14. The summed E-state index contributed by atoms with van der Waals surface area (Å²) in [6.07, 6.45) is -9.45. The minimum Gasteiger partial charge on any atom is -0.296 e. The van der Waals surface area contributed by atoms with Gasteiger partial charge in [-0.2, -0.15) is 31.4 Å². The highest BCUT2D eigenvalue weighted by atomic mass is 19.4. The van der Waals surface area contributed by atoms with E-state index >= 15 is 0 Å². The summed E-state index contributed by atoms with van der Waals surface area (Å²) in [5, 5.41) is 3.45. The van der Waals surface area contributed by atoms with Gasteiger partial charge in [-0.05, 0) is 12.1 Å². The summed E-state index contributed by atoms with van der Waals surface area (Å²) in [5.74, 6) is 0. The molecule has 3 aromatic rings. The number of carbonyl (C=O) groups excluding carboxylic acids is 1. The molecule has 0 fully saturated rings. The molecule has 0 N–H and O–H groups in total. The van der Waals surface area contributed by atoms with Crippen molar-refractivity contribution in [3.8, 4) is 11.3 Å². The molecule has 0 aliphatic heterocycles. The maximum atomic E-state index is 13.3. The van der Waals surface area contributed by atoms with Crippen LogP contribution in [0, 0.1) is 0 Å². The molecule has 2 heterocycles. The molecule has 0 unspecified atom stereocenters. The van der Waals surface area contributed by atoms with Crippen molar-refractivity contribution in [2.24, 2.45) is 0 Å². The Bertz CT molecular complexity index is 958. The first-order valence-corrected chi connectivity index (χ1v) is 6.71. The number of halogens is 6. The molecule has 0 spiro atoms.